The van der Waals surface area contributed by atoms with E-state index in [2.05, 4.69) is 37.9 Å². The topological polar surface area (TPSA) is 70.7 Å². The van der Waals surface area contributed by atoms with Crippen LogP contribution in [0.25, 0.3) is 11.1 Å². The summed E-state index contributed by atoms with van der Waals surface area (Å²) in [7, 11) is 0. The molecule has 4 rings (SSSR count). The zero-order chi connectivity index (χ0) is 26.0. The van der Waals surface area contributed by atoms with Crippen LogP contribution in [0, 0.1) is 18.8 Å². The van der Waals surface area contributed by atoms with E-state index in [1.807, 2.05) is 35.4 Å². The van der Waals surface area contributed by atoms with Crippen molar-refractivity contribution in [3.05, 3.63) is 23.6 Å². The van der Waals surface area contributed by atoms with Gasteiger partial charge in [0.05, 0.1) is 12.1 Å². The van der Waals surface area contributed by atoms with E-state index in [9.17, 15) is 9.59 Å². The molecule has 2 aliphatic rings. The van der Waals surface area contributed by atoms with Crippen LogP contribution in [-0.2, 0) is 11.3 Å². The zero-order valence-corrected chi connectivity index (χ0v) is 23.2. The molecule has 7 nitrogen and oxygen atoms in total. The molecule has 2 amide bonds. The summed E-state index contributed by atoms with van der Waals surface area (Å²) >= 11 is 0. The number of aryl methyl sites for hydroxylation is 1. The lowest BCUT2D eigenvalue weighted by molar-refractivity contribution is -0.133. The van der Waals surface area contributed by atoms with Crippen LogP contribution in [0.4, 0.5) is 0 Å². The van der Waals surface area contributed by atoms with Crippen LogP contribution in [0.5, 0.6) is 0 Å². The molecule has 0 bridgehead atoms. The maximum absolute atomic E-state index is 14.0. The molecule has 7 heteroatoms. The van der Waals surface area contributed by atoms with Crippen molar-refractivity contribution >= 4 is 22.9 Å². The minimum absolute atomic E-state index is 0.0327. The molecular formula is C29H46N4O3. The fourth-order valence-corrected chi connectivity index (χ4v) is 6.11. The van der Waals surface area contributed by atoms with Gasteiger partial charge in [-0.15, -0.1) is 0 Å². The number of carbonyl (C=O) groups excluding carboxylic acids is 2. The first-order valence-electron chi connectivity index (χ1n) is 14.0. The molecule has 1 fully saturated rings. The van der Waals surface area contributed by atoms with Gasteiger partial charge in [0, 0.05) is 44.4 Å². The van der Waals surface area contributed by atoms with Crippen LogP contribution < -0.4 is 5.32 Å². The molecule has 1 aliphatic heterocycles. The highest BCUT2D eigenvalue weighted by atomic mass is 16.3. The lowest BCUT2D eigenvalue weighted by Gasteiger charge is -2.45. The Balaban J connectivity index is 1.63. The van der Waals surface area contributed by atoms with Gasteiger partial charge in [-0.2, -0.15) is 0 Å². The predicted molar refractivity (Wildman–Crippen MR) is 144 cm³/mol. The first-order chi connectivity index (χ1) is 17.1. The molecule has 0 radical (unpaired) electrons. The fraction of sp³-hybridized carbons (Fsp3) is 0.724. The van der Waals surface area contributed by atoms with Crippen LogP contribution in [0.15, 0.2) is 16.5 Å². The second-order valence-electron chi connectivity index (χ2n) is 12.2. The lowest BCUT2D eigenvalue weighted by Crippen LogP contribution is -2.65. The number of carbonyl (C=O) groups is 2. The van der Waals surface area contributed by atoms with Gasteiger partial charge in [-0.05, 0) is 38.5 Å². The number of nitrogens with one attached hydrogen (secondary N) is 1. The molecule has 0 unspecified atom stereocenters. The molecule has 0 spiro atoms. The Morgan fingerprint density at radius 3 is 2.36 bits per heavy atom. The molecule has 3 heterocycles. The van der Waals surface area contributed by atoms with E-state index >= 15 is 0 Å². The molecule has 0 aromatic carbocycles. The summed E-state index contributed by atoms with van der Waals surface area (Å²) in [6.07, 6.45) is 6.82. The molecule has 2 aromatic heterocycles. The van der Waals surface area contributed by atoms with E-state index in [-0.39, 0.29) is 17.9 Å². The number of hydrogen-bond acceptors (Lipinski definition) is 4. The smallest absolute Gasteiger partial charge is 0.271 e. The van der Waals surface area contributed by atoms with Crippen LogP contribution in [0.2, 0.25) is 0 Å². The van der Waals surface area contributed by atoms with Gasteiger partial charge in [-0.1, -0.05) is 53.4 Å². The molecule has 1 N–H and O–H groups in total. The summed E-state index contributed by atoms with van der Waals surface area (Å²) < 4.78 is 7.85. The predicted octanol–water partition coefficient (Wildman–Crippen LogP) is 5.21. The summed E-state index contributed by atoms with van der Waals surface area (Å²) in [5.41, 5.74) is 1.26. The number of fused-ring (bicyclic) bond motifs is 3. The molecule has 1 atom stereocenters. The van der Waals surface area contributed by atoms with Gasteiger partial charge in [0.15, 0.2) is 5.58 Å². The minimum atomic E-state index is -0.963. The van der Waals surface area contributed by atoms with E-state index in [1.54, 1.807) is 0 Å². The average molecular weight is 499 g/mol. The summed E-state index contributed by atoms with van der Waals surface area (Å²) in [5, 5.41) is 3.36. The van der Waals surface area contributed by atoms with Crippen LogP contribution in [0.1, 0.15) is 89.4 Å². The highest BCUT2D eigenvalue weighted by molar-refractivity contribution is 6.03. The quantitative estimate of drug-likeness (QED) is 0.482. The van der Waals surface area contributed by atoms with Crippen molar-refractivity contribution in [2.45, 2.75) is 98.2 Å². The van der Waals surface area contributed by atoms with Gasteiger partial charge in [0.2, 0.25) is 5.91 Å². The van der Waals surface area contributed by atoms with E-state index in [4.69, 9.17) is 4.42 Å². The van der Waals surface area contributed by atoms with E-state index in [0.717, 1.165) is 56.6 Å². The maximum Gasteiger partial charge on any atom is 0.271 e. The molecule has 1 saturated carbocycles. The van der Waals surface area contributed by atoms with Gasteiger partial charge < -0.3 is 24.1 Å². The molecule has 0 saturated heterocycles. The van der Waals surface area contributed by atoms with E-state index in [1.165, 1.54) is 12.8 Å². The average Bonchev–Trinajstić information content (AvgIpc) is 3.18. The number of hydrogen-bond donors (Lipinski definition) is 1. The lowest BCUT2D eigenvalue weighted by atomic mass is 9.93. The van der Waals surface area contributed by atoms with Crippen molar-refractivity contribution in [2.24, 2.45) is 11.8 Å². The van der Waals surface area contributed by atoms with E-state index in [0.29, 0.717) is 36.2 Å². The zero-order valence-electron chi connectivity index (χ0n) is 23.2. The van der Waals surface area contributed by atoms with Crippen LogP contribution in [0.3, 0.4) is 0 Å². The Labute approximate surface area is 216 Å². The normalized spacial score (nSPS) is 21.6. The standard InChI is InChI=1S/C29H46N4O3/c1-20(2)17-31(18-21(3)4)13-14-33-27(34)25-16-26-24(15-22(5)36-26)32(25)19-29(33,6)28(35)30-23-11-9-7-8-10-12-23/h15-16,20-21,23H,7-14,17-19H2,1-6H3,(H,30,35)/t29-/m1/s1. The van der Waals surface area contributed by atoms with Gasteiger partial charge in [-0.25, -0.2) is 0 Å². The first kappa shape index (κ1) is 26.8. The largest absolute Gasteiger partial charge is 0.460 e. The van der Waals surface area contributed by atoms with Crippen LogP contribution >= 0.6 is 0 Å². The summed E-state index contributed by atoms with van der Waals surface area (Å²) in [4.78, 5) is 32.2. The Kier molecular flexibility index (Phi) is 8.18. The second kappa shape index (κ2) is 11.0. The third kappa shape index (κ3) is 5.66. The summed E-state index contributed by atoms with van der Waals surface area (Å²) in [6.45, 7) is 16.5. The third-order valence-corrected chi connectivity index (χ3v) is 7.80. The second-order valence-corrected chi connectivity index (χ2v) is 12.2. The van der Waals surface area contributed by atoms with E-state index < -0.39 is 5.54 Å². The van der Waals surface area contributed by atoms with Crippen molar-refractivity contribution in [3.63, 3.8) is 0 Å². The number of rotatable bonds is 9. The van der Waals surface area contributed by atoms with Crippen molar-refractivity contribution in [1.29, 1.82) is 0 Å². The molecule has 2 aromatic rings. The van der Waals surface area contributed by atoms with Crippen molar-refractivity contribution in [1.82, 2.24) is 19.7 Å². The monoisotopic (exact) mass is 498 g/mol. The van der Waals surface area contributed by atoms with Gasteiger partial charge in [-0.3, -0.25) is 9.59 Å². The molecular weight excluding hydrogens is 452 g/mol. The number of furan rings is 1. The Morgan fingerprint density at radius 2 is 1.75 bits per heavy atom. The highest BCUT2D eigenvalue weighted by Crippen LogP contribution is 2.34. The summed E-state index contributed by atoms with van der Waals surface area (Å²) in [5.74, 6) is 1.77. The maximum atomic E-state index is 14.0. The molecule has 36 heavy (non-hydrogen) atoms. The van der Waals surface area contributed by atoms with Gasteiger partial charge >= 0.3 is 0 Å². The Hall–Kier alpha value is -2.28. The van der Waals surface area contributed by atoms with Crippen molar-refractivity contribution in [2.75, 3.05) is 26.2 Å². The molecule has 1 aliphatic carbocycles. The SMILES string of the molecule is Cc1cc2c(cc3n2C[C@](C)(C(=O)NC2CCCCCC2)N(CCN(CC(C)C)CC(C)C)C3=O)o1. The first-order valence-corrected chi connectivity index (χ1v) is 14.0. The number of nitrogens with zero attached hydrogens (tertiary/aromatic N) is 3. The Morgan fingerprint density at radius 1 is 1.11 bits per heavy atom. The molecule has 200 valence electrons. The minimum Gasteiger partial charge on any atom is -0.460 e. The number of aromatic nitrogens is 1. The van der Waals surface area contributed by atoms with Crippen molar-refractivity contribution < 1.29 is 14.0 Å². The third-order valence-electron chi connectivity index (χ3n) is 7.80. The Bertz CT molecular complexity index is 1050. The van der Waals surface area contributed by atoms with Crippen LogP contribution in [-0.4, -0.2) is 63.9 Å². The number of amides is 2. The fourth-order valence-electron chi connectivity index (χ4n) is 6.11. The summed E-state index contributed by atoms with van der Waals surface area (Å²) in [6, 6.07) is 4.01. The van der Waals surface area contributed by atoms with Crippen molar-refractivity contribution in [3.8, 4) is 0 Å². The van der Waals surface area contributed by atoms with Gasteiger partial charge in [0.1, 0.15) is 17.0 Å². The van der Waals surface area contributed by atoms with Gasteiger partial charge in [0.25, 0.3) is 5.91 Å². The highest BCUT2D eigenvalue weighted by Gasteiger charge is 2.48.